The van der Waals surface area contributed by atoms with E-state index in [0.29, 0.717) is 0 Å². The monoisotopic (exact) mass is 545 g/mol. The molecule has 1 aliphatic heterocycles. The van der Waals surface area contributed by atoms with Crippen LogP contribution >= 0.6 is 0 Å². The van der Waals surface area contributed by atoms with Crippen LogP contribution in [0.1, 0.15) is 27.7 Å². The van der Waals surface area contributed by atoms with Gasteiger partial charge in [0.1, 0.15) is 0 Å². The molecule has 204 valence electrons. The third-order valence-electron chi connectivity index (χ3n) is 9.40. The second-order valence-corrected chi connectivity index (χ2v) is 12.4. The van der Waals surface area contributed by atoms with E-state index in [0.717, 1.165) is 16.7 Å². The van der Waals surface area contributed by atoms with E-state index in [1.54, 1.807) is 0 Å². The third-order valence-corrected chi connectivity index (χ3v) is 9.40. The lowest BCUT2D eigenvalue weighted by molar-refractivity contribution is 0.00578. The summed E-state index contributed by atoms with van der Waals surface area (Å²) in [5, 5.41) is 7.61. The van der Waals surface area contributed by atoms with Gasteiger partial charge in [0.15, 0.2) is 0 Å². The summed E-state index contributed by atoms with van der Waals surface area (Å²) in [4.78, 5) is 0. The fraction of sp³-hybridized carbons (Fsp3) is 0.158. The highest BCUT2D eigenvalue weighted by atomic mass is 16.7. The highest BCUT2D eigenvalue weighted by Crippen LogP contribution is 2.43. The summed E-state index contributed by atoms with van der Waals surface area (Å²) in [7, 11) is -0.394. The zero-order chi connectivity index (χ0) is 28.6. The van der Waals surface area contributed by atoms with Crippen LogP contribution in [0.3, 0.4) is 0 Å². The molecule has 0 saturated carbocycles. The maximum absolute atomic E-state index is 6.38. The highest BCUT2D eigenvalue weighted by Gasteiger charge is 2.51. The van der Waals surface area contributed by atoms with Crippen molar-refractivity contribution in [3.8, 4) is 16.8 Å². The van der Waals surface area contributed by atoms with Gasteiger partial charge in [-0.2, -0.15) is 0 Å². The number of nitrogens with zero attached hydrogens (tertiary/aromatic N) is 1. The Balaban J connectivity index is 1.40. The number of aromatic nitrogens is 1. The van der Waals surface area contributed by atoms with Crippen molar-refractivity contribution in [2.24, 2.45) is 0 Å². The number of rotatable bonds is 3. The predicted molar refractivity (Wildman–Crippen MR) is 177 cm³/mol. The molecule has 8 rings (SSSR count). The van der Waals surface area contributed by atoms with Crippen molar-refractivity contribution in [3.63, 3.8) is 0 Å². The minimum atomic E-state index is -0.394. The molecule has 3 nitrogen and oxygen atoms in total. The van der Waals surface area contributed by atoms with Crippen LogP contribution in [0.25, 0.3) is 60.2 Å². The Morgan fingerprint density at radius 1 is 0.524 bits per heavy atom. The van der Waals surface area contributed by atoms with Crippen LogP contribution in [0.5, 0.6) is 0 Å². The van der Waals surface area contributed by atoms with Gasteiger partial charge in [0.05, 0.1) is 22.2 Å². The normalized spacial score (nSPS) is 16.2. The standard InChI is InChI=1S/C38H32BNO2/c1-37(2)38(3,4)42-39(41-37)27-14-12-13-25(23-27)26-21-22-34-33(24-26)35-31-19-10-8-17-29(31)30-18-9-11-20-32(30)36(35)40(34)28-15-6-5-7-16-28/h5-24H,1-4H3. The molecule has 1 fully saturated rings. The molecular formula is C38H32BNO2. The first-order valence-electron chi connectivity index (χ1n) is 14.7. The summed E-state index contributed by atoms with van der Waals surface area (Å²) >= 11 is 0. The molecule has 7 aromatic rings. The number of hydrogen-bond acceptors (Lipinski definition) is 2. The molecule has 0 unspecified atom stereocenters. The van der Waals surface area contributed by atoms with Gasteiger partial charge in [-0.15, -0.1) is 0 Å². The Morgan fingerprint density at radius 3 is 1.83 bits per heavy atom. The zero-order valence-electron chi connectivity index (χ0n) is 24.4. The van der Waals surface area contributed by atoms with Gasteiger partial charge in [0.25, 0.3) is 0 Å². The summed E-state index contributed by atoms with van der Waals surface area (Å²) in [6.07, 6.45) is 0. The molecular weight excluding hydrogens is 513 g/mol. The van der Waals surface area contributed by atoms with E-state index in [4.69, 9.17) is 9.31 Å². The lowest BCUT2D eigenvalue weighted by Gasteiger charge is -2.32. The largest absolute Gasteiger partial charge is 0.494 e. The zero-order valence-corrected chi connectivity index (χ0v) is 24.4. The molecule has 0 spiro atoms. The number of para-hydroxylation sites is 1. The van der Waals surface area contributed by atoms with E-state index in [1.165, 1.54) is 48.9 Å². The molecule has 4 heteroatoms. The van der Waals surface area contributed by atoms with Crippen LogP contribution in [0.2, 0.25) is 0 Å². The van der Waals surface area contributed by atoms with Crippen LogP contribution in [0.15, 0.2) is 121 Å². The highest BCUT2D eigenvalue weighted by molar-refractivity contribution is 6.62. The van der Waals surface area contributed by atoms with E-state index >= 15 is 0 Å². The van der Waals surface area contributed by atoms with Gasteiger partial charge < -0.3 is 13.9 Å². The number of fused-ring (bicyclic) bond motifs is 8. The van der Waals surface area contributed by atoms with Crippen LogP contribution in [0, 0.1) is 0 Å². The van der Waals surface area contributed by atoms with E-state index < -0.39 is 7.12 Å². The molecule has 1 aliphatic rings. The molecule has 0 bridgehead atoms. The van der Waals surface area contributed by atoms with Crippen molar-refractivity contribution in [1.29, 1.82) is 0 Å². The molecule has 0 aliphatic carbocycles. The Morgan fingerprint density at radius 2 is 1.12 bits per heavy atom. The van der Waals surface area contributed by atoms with Gasteiger partial charge >= 0.3 is 7.12 Å². The van der Waals surface area contributed by atoms with Crippen molar-refractivity contribution < 1.29 is 9.31 Å². The van der Waals surface area contributed by atoms with Crippen molar-refractivity contribution >= 4 is 55.9 Å². The second kappa shape index (κ2) is 9.06. The van der Waals surface area contributed by atoms with Gasteiger partial charge in [0, 0.05) is 21.8 Å². The van der Waals surface area contributed by atoms with Crippen LogP contribution < -0.4 is 5.46 Å². The van der Waals surface area contributed by atoms with Crippen molar-refractivity contribution in [1.82, 2.24) is 4.57 Å². The molecule has 0 atom stereocenters. The fourth-order valence-corrected chi connectivity index (χ4v) is 6.55. The van der Waals surface area contributed by atoms with Crippen molar-refractivity contribution in [3.05, 3.63) is 121 Å². The number of benzene rings is 6. The van der Waals surface area contributed by atoms with Gasteiger partial charge in [-0.25, -0.2) is 0 Å². The predicted octanol–water partition coefficient (Wildman–Crippen LogP) is 9.06. The first-order valence-corrected chi connectivity index (χ1v) is 14.7. The average molecular weight is 545 g/mol. The topological polar surface area (TPSA) is 23.4 Å². The van der Waals surface area contributed by atoms with E-state index in [9.17, 15) is 0 Å². The Kier molecular flexibility index (Phi) is 5.47. The van der Waals surface area contributed by atoms with Gasteiger partial charge in [-0.3, -0.25) is 0 Å². The van der Waals surface area contributed by atoms with Crippen LogP contribution in [-0.2, 0) is 9.31 Å². The van der Waals surface area contributed by atoms with Crippen LogP contribution in [-0.4, -0.2) is 22.9 Å². The quantitative estimate of drug-likeness (QED) is 0.163. The third kappa shape index (κ3) is 3.69. The molecule has 6 aromatic carbocycles. The van der Waals surface area contributed by atoms with Gasteiger partial charge in [0.2, 0.25) is 0 Å². The smallest absolute Gasteiger partial charge is 0.399 e. The first-order chi connectivity index (χ1) is 20.3. The van der Waals surface area contributed by atoms with E-state index in [1.807, 2.05) is 0 Å². The summed E-state index contributed by atoms with van der Waals surface area (Å²) in [6.45, 7) is 8.39. The maximum atomic E-state index is 6.38. The fourth-order valence-electron chi connectivity index (χ4n) is 6.55. The lowest BCUT2D eigenvalue weighted by Crippen LogP contribution is -2.41. The molecule has 1 aromatic heterocycles. The maximum Gasteiger partial charge on any atom is 0.494 e. The van der Waals surface area contributed by atoms with Crippen molar-refractivity contribution in [2.75, 3.05) is 0 Å². The average Bonchev–Trinajstić information content (AvgIpc) is 3.47. The summed E-state index contributed by atoms with van der Waals surface area (Å²) in [6, 6.07) is 43.8. The number of hydrogen-bond donors (Lipinski definition) is 0. The first kappa shape index (κ1) is 25.3. The Bertz CT molecular complexity index is 2140. The van der Waals surface area contributed by atoms with E-state index in [2.05, 4.69) is 154 Å². The Hall–Kier alpha value is -4.38. The molecule has 0 amide bonds. The van der Waals surface area contributed by atoms with Crippen LogP contribution in [0.4, 0.5) is 0 Å². The molecule has 0 N–H and O–H groups in total. The summed E-state index contributed by atoms with van der Waals surface area (Å²) in [5.41, 5.74) is 6.20. The van der Waals surface area contributed by atoms with E-state index in [-0.39, 0.29) is 11.2 Å². The summed E-state index contributed by atoms with van der Waals surface area (Å²) < 4.78 is 15.2. The minimum absolute atomic E-state index is 0.379. The molecule has 2 heterocycles. The SMILES string of the molecule is CC1(C)OB(c2cccc(-c3ccc4c(c3)c3c5ccccc5c5ccccc5c3n4-c3ccccc3)c2)OC1(C)C. The van der Waals surface area contributed by atoms with Gasteiger partial charge in [-0.1, -0.05) is 97.1 Å². The van der Waals surface area contributed by atoms with Gasteiger partial charge in [-0.05, 0) is 84.7 Å². The second-order valence-electron chi connectivity index (χ2n) is 12.4. The van der Waals surface area contributed by atoms with Crippen molar-refractivity contribution in [2.45, 2.75) is 38.9 Å². The molecule has 0 radical (unpaired) electrons. The Labute approximate surface area is 246 Å². The summed E-state index contributed by atoms with van der Waals surface area (Å²) in [5.74, 6) is 0. The minimum Gasteiger partial charge on any atom is -0.399 e. The molecule has 1 saturated heterocycles. The lowest BCUT2D eigenvalue weighted by atomic mass is 9.78. The molecule has 42 heavy (non-hydrogen) atoms.